The highest BCUT2D eigenvalue weighted by Gasteiger charge is 2.05. The molecule has 2 aromatic carbocycles. The monoisotopic (exact) mass is 287 g/mol. The fourth-order valence-corrected chi connectivity index (χ4v) is 2.31. The molecule has 0 saturated heterocycles. The zero-order valence-electron chi connectivity index (χ0n) is 12.4. The van der Waals surface area contributed by atoms with Crippen LogP contribution in [0.15, 0.2) is 72.9 Å². The molecule has 0 amide bonds. The first-order valence-corrected chi connectivity index (χ1v) is 7.19. The molecule has 3 aromatic rings. The van der Waals surface area contributed by atoms with Gasteiger partial charge in [-0.15, -0.1) is 0 Å². The quantitative estimate of drug-likeness (QED) is 0.635. The van der Waals surface area contributed by atoms with Gasteiger partial charge >= 0.3 is 0 Å². The van der Waals surface area contributed by atoms with E-state index in [0.717, 1.165) is 28.1 Å². The highest BCUT2D eigenvalue weighted by Crippen LogP contribution is 2.27. The predicted octanol–water partition coefficient (Wildman–Crippen LogP) is 4.93. The van der Waals surface area contributed by atoms with Gasteiger partial charge in [0.25, 0.3) is 0 Å². The van der Waals surface area contributed by atoms with Crippen LogP contribution in [0, 0.1) is 0 Å². The van der Waals surface area contributed by atoms with E-state index in [2.05, 4.69) is 29.3 Å². The molecule has 0 radical (unpaired) electrons. The third-order valence-electron chi connectivity index (χ3n) is 3.45. The number of pyridine rings is 1. The van der Waals surface area contributed by atoms with E-state index in [9.17, 15) is 0 Å². The highest BCUT2D eigenvalue weighted by molar-refractivity contribution is 5.80. The van der Waals surface area contributed by atoms with Crippen molar-refractivity contribution in [1.82, 2.24) is 4.98 Å². The Balaban J connectivity index is 2.03. The molecule has 0 spiro atoms. The van der Waals surface area contributed by atoms with Gasteiger partial charge in [-0.3, -0.25) is 4.98 Å². The number of rotatable bonds is 4. The number of aromatic nitrogens is 1. The molecule has 0 bridgehead atoms. The molecule has 1 aromatic heterocycles. The van der Waals surface area contributed by atoms with Gasteiger partial charge in [0.2, 0.25) is 0 Å². The smallest absolute Gasteiger partial charge is 0.119 e. The summed E-state index contributed by atoms with van der Waals surface area (Å²) in [4.78, 5) is 4.45. The molecule has 0 saturated carbocycles. The van der Waals surface area contributed by atoms with Gasteiger partial charge in [0.1, 0.15) is 5.75 Å². The molecule has 2 heteroatoms. The normalized spacial score (nSPS) is 10.8. The lowest BCUT2D eigenvalue weighted by Crippen LogP contribution is -1.89. The minimum atomic E-state index is 0.840. The summed E-state index contributed by atoms with van der Waals surface area (Å²) in [6, 6.07) is 22.2. The Hall–Kier alpha value is -2.87. The third kappa shape index (κ3) is 3.23. The number of nitrogens with zero attached hydrogens (tertiary/aromatic N) is 1. The topological polar surface area (TPSA) is 22.1 Å². The van der Waals surface area contributed by atoms with Crippen LogP contribution in [0.3, 0.4) is 0 Å². The van der Waals surface area contributed by atoms with E-state index < -0.39 is 0 Å². The molecule has 2 nitrogen and oxygen atoms in total. The van der Waals surface area contributed by atoms with Crippen molar-refractivity contribution < 1.29 is 4.74 Å². The van der Waals surface area contributed by atoms with Crippen LogP contribution in [0.2, 0.25) is 0 Å². The Morgan fingerprint density at radius 1 is 0.864 bits per heavy atom. The van der Waals surface area contributed by atoms with E-state index >= 15 is 0 Å². The Labute approximate surface area is 130 Å². The Bertz CT molecular complexity index is 764. The first kappa shape index (κ1) is 14.1. The largest absolute Gasteiger partial charge is 0.497 e. The van der Waals surface area contributed by atoms with Crippen LogP contribution in [-0.4, -0.2) is 12.1 Å². The summed E-state index contributed by atoms with van der Waals surface area (Å²) in [5, 5.41) is 0. The average molecular weight is 287 g/mol. The van der Waals surface area contributed by atoms with Crippen molar-refractivity contribution in [2.75, 3.05) is 7.11 Å². The van der Waals surface area contributed by atoms with Gasteiger partial charge in [0.05, 0.1) is 12.8 Å². The van der Waals surface area contributed by atoms with Crippen LogP contribution in [0.4, 0.5) is 0 Å². The molecule has 0 atom stereocenters. The van der Waals surface area contributed by atoms with Crippen molar-refractivity contribution in [3.8, 4) is 17.0 Å². The predicted molar refractivity (Wildman–Crippen MR) is 91.6 cm³/mol. The minimum absolute atomic E-state index is 0.840. The fraction of sp³-hybridized carbons (Fsp3) is 0.0500. The second-order valence-corrected chi connectivity index (χ2v) is 4.91. The van der Waals surface area contributed by atoms with Gasteiger partial charge in [0.15, 0.2) is 0 Å². The maximum absolute atomic E-state index is 5.34. The fourth-order valence-electron chi connectivity index (χ4n) is 2.31. The molecule has 108 valence electrons. The zero-order chi connectivity index (χ0) is 15.2. The van der Waals surface area contributed by atoms with E-state index in [1.165, 1.54) is 0 Å². The number of methoxy groups -OCH3 is 1. The highest BCUT2D eigenvalue weighted by atomic mass is 16.5. The zero-order valence-corrected chi connectivity index (χ0v) is 12.4. The second kappa shape index (κ2) is 6.72. The van der Waals surface area contributed by atoms with Crippen LogP contribution < -0.4 is 4.74 Å². The van der Waals surface area contributed by atoms with Gasteiger partial charge in [-0.1, -0.05) is 48.6 Å². The molecule has 0 aliphatic carbocycles. The van der Waals surface area contributed by atoms with Crippen LogP contribution >= 0.6 is 0 Å². The average Bonchev–Trinajstić information content (AvgIpc) is 2.61. The third-order valence-corrected chi connectivity index (χ3v) is 3.45. The Kier molecular flexibility index (Phi) is 4.30. The lowest BCUT2D eigenvalue weighted by Gasteiger charge is -2.08. The summed E-state index contributed by atoms with van der Waals surface area (Å²) >= 11 is 0. The lowest BCUT2D eigenvalue weighted by atomic mass is 10.0. The van der Waals surface area contributed by atoms with Crippen molar-refractivity contribution in [3.63, 3.8) is 0 Å². The van der Waals surface area contributed by atoms with Crippen LogP contribution in [0.25, 0.3) is 23.4 Å². The summed E-state index contributed by atoms with van der Waals surface area (Å²) < 4.78 is 5.34. The maximum Gasteiger partial charge on any atom is 0.119 e. The van der Waals surface area contributed by atoms with Crippen LogP contribution in [-0.2, 0) is 0 Å². The van der Waals surface area contributed by atoms with Crippen LogP contribution in [0.5, 0.6) is 5.75 Å². The molecule has 3 rings (SSSR count). The summed E-state index contributed by atoms with van der Waals surface area (Å²) in [6.07, 6.45) is 6.01. The molecular weight excluding hydrogens is 270 g/mol. The van der Waals surface area contributed by atoms with E-state index in [0.29, 0.717) is 0 Å². The van der Waals surface area contributed by atoms with Crippen molar-refractivity contribution in [2.45, 2.75) is 0 Å². The first-order valence-electron chi connectivity index (χ1n) is 7.19. The van der Waals surface area contributed by atoms with Crippen molar-refractivity contribution in [3.05, 3.63) is 84.1 Å². The molecule has 1 heterocycles. The van der Waals surface area contributed by atoms with Crippen molar-refractivity contribution in [1.29, 1.82) is 0 Å². The summed E-state index contributed by atoms with van der Waals surface area (Å²) in [6.45, 7) is 0. The Morgan fingerprint density at radius 2 is 1.68 bits per heavy atom. The van der Waals surface area contributed by atoms with Gasteiger partial charge < -0.3 is 4.74 Å². The Morgan fingerprint density at radius 3 is 2.41 bits per heavy atom. The molecule has 0 aliphatic heterocycles. The number of benzene rings is 2. The molecule has 0 fully saturated rings. The molecule has 0 aliphatic rings. The number of hydrogen-bond donors (Lipinski definition) is 0. The second-order valence-electron chi connectivity index (χ2n) is 4.91. The van der Waals surface area contributed by atoms with E-state index in [1.807, 2.05) is 60.8 Å². The molecule has 0 unspecified atom stereocenters. The molecule has 0 N–H and O–H groups in total. The van der Waals surface area contributed by atoms with Gasteiger partial charge in [-0.2, -0.15) is 0 Å². The summed E-state index contributed by atoms with van der Waals surface area (Å²) in [5.41, 5.74) is 4.30. The van der Waals surface area contributed by atoms with Crippen LogP contribution in [0.1, 0.15) is 11.1 Å². The van der Waals surface area contributed by atoms with Gasteiger partial charge in [0, 0.05) is 11.8 Å². The number of hydrogen-bond acceptors (Lipinski definition) is 2. The van der Waals surface area contributed by atoms with Crippen molar-refractivity contribution in [2.24, 2.45) is 0 Å². The number of ether oxygens (including phenoxy) is 1. The SMILES string of the molecule is COc1ccc(-c2ccccn2)c(/C=C/c2ccccc2)c1. The lowest BCUT2D eigenvalue weighted by molar-refractivity contribution is 0.415. The molecular formula is C20H17NO. The van der Waals surface area contributed by atoms with E-state index in [4.69, 9.17) is 4.74 Å². The summed E-state index contributed by atoms with van der Waals surface area (Å²) in [5.74, 6) is 0.840. The van der Waals surface area contributed by atoms with Gasteiger partial charge in [-0.25, -0.2) is 0 Å². The minimum Gasteiger partial charge on any atom is -0.497 e. The standard InChI is InChI=1S/C20H17NO/c1-22-18-12-13-19(20-9-5-6-14-21-20)17(15-18)11-10-16-7-3-2-4-8-16/h2-15H,1H3/b11-10+. The van der Waals surface area contributed by atoms with E-state index in [-0.39, 0.29) is 0 Å². The maximum atomic E-state index is 5.34. The van der Waals surface area contributed by atoms with Crippen molar-refractivity contribution >= 4 is 12.2 Å². The van der Waals surface area contributed by atoms with E-state index in [1.54, 1.807) is 7.11 Å². The van der Waals surface area contributed by atoms with Gasteiger partial charge in [-0.05, 0) is 41.5 Å². The molecule has 22 heavy (non-hydrogen) atoms. The first-order chi connectivity index (χ1) is 10.9. The summed E-state index contributed by atoms with van der Waals surface area (Å²) in [7, 11) is 1.68.